The highest BCUT2D eigenvalue weighted by atomic mass is 16.4. The fourth-order valence-corrected chi connectivity index (χ4v) is 1.73. The Morgan fingerprint density at radius 2 is 1.88 bits per heavy atom. The molecular formula is C15H20O2. The van der Waals surface area contributed by atoms with Crippen LogP contribution < -0.4 is 0 Å². The average molecular weight is 232 g/mol. The molecular weight excluding hydrogens is 212 g/mol. The zero-order valence-corrected chi connectivity index (χ0v) is 10.4. The first-order valence-corrected chi connectivity index (χ1v) is 6.23. The van der Waals surface area contributed by atoms with E-state index in [1.165, 1.54) is 12.8 Å². The number of aliphatic carboxylic acids is 1. The second kappa shape index (κ2) is 7.66. The molecule has 0 aliphatic heterocycles. The third-order valence-corrected chi connectivity index (χ3v) is 2.71. The fourth-order valence-electron chi connectivity index (χ4n) is 1.73. The summed E-state index contributed by atoms with van der Waals surface area (Å²) in [5.74, 6) is -0.801. The molecule has 92 valence electrons. The van der Waals surface area contributed by atoms with Crippen LogP contribution in [0.25, 0.3) is 6.08 Å². The highest BCUT2D eigenvalue weighted by molar-refractivity contribution is 5.92. The van der Waals surface area contributed by atoms with Gasteiger partial charge in [-0.05, 0) is 24.5 Å². The first-order valence-electron chi connectivity index (χ1n) is 6.23. The van der Waals surface area contributed by atoms with Gasteiger partial charge in [0.2, 0.25) is 0 Å². The van der Waals surface area contributed by atoms with Gasteiger partial charge in [0, 0.05) is 5.57 Å². The van der Waals surface area contributed by atoms with E-state index >= 15 is 0 Å². The van der Waals surface area contributed by atoms with Crippen molar-refractivity contribution in [3.05, 3.63) is 41.5 Å². The Labute approximate surface area is 103 Å². The van der Waals surface area contributed by atoms with Crippen molar-refractivity contribution in [1.82, 2.24) is 0 Å². The van der Waals surface area contributed by atoms with E-state index in [9.17, 15) is 4.79 Å². The van der Waals surface area contributed by atoms with Crippen molar-refractivity contribution < 1.29 is 9.90 Å². The molecule has 0 fully saturated rings. The Balaban J connectivity index is 2.60. The van der Waals surface area contributed by atoms with Crippen LogP contribution in [0, 0.1) is 0 Å². The minimum Gasteiger partial charge on any atom is -0.478 e. The van der Waals surface area contributed by atoms with E-state index in [-0.39, 0.29) is 0 Å². The summed E-state index contributed by atoms with van der Waals surface area (Å²) in [4.78, 5) is 11.1. The number of hydrogen-bond donors (Lipinski definition) is 1. The number of benzene rings is 1. The Bertz CT molecular complexity index is 366. The molecule has 0 saturated heterocycles. The van der Waals surface area contributed by atoms with E-state index in [0.29, 0.717) is 12.0 Å². The van der Waals surface area contributed by atoms with Crippen molar-refractivity contribution in [3.63, 3.8) is 0 Å². The Morgan fingerprint density at radius 3 is 2.47 bits per heavy atom. The van der Waals surface area contributed by atoms with Crippen LogP contribution >= 0.6 is 0 Å². The minimum atomic E-state index is -0.801. The standard InChI is InChI=1S/C15H20O2/c1-2-3-4-8-11-14(15(16)17)12-13-9-6-5-7-10-13/h5-7,9-10,12H,2-4,8,11H2,1H3,(H,16,17)/b14-12-. The van der Waals surface area contributed by atoms with Gasteiger partial charge < -0.3 is 5.11 Å². The van der Waals surface area contributed by atoms with Gasteiger partial charge in [-0.1, -0.05) is 56.5 Å². The average Bonchev–Trinajstić information content (AvgIpc) is 2.34. The molecule has 1 aromatic carbocycles. The van der Waals surface area contributed by atoms with E-state index in [0.717, 1.165) is 18.4 Å². The first kappa shape index (κ1) is 13.5. The van der Waals surface area contributed by atoms with Gasteiger partial charge >= 0.3 is 5.97 Å². The van der Waals surface area contributed by atoms with Crippen molar-refractivity contribution in [2.24, 2.45) is 0 Å². The van der Waals surface area contributed by atoms with Crippen LogP contribution in [-0.4, -0.2) is 11.1 Å². The van der Waals surface area contributed by atoms with Gasteiger partial charge in [0.1, 0.15) is 0 Å². The highest BCUT2D eigenvalue weighted by Gasteiger charge is 2.06. The lowest BCUT2D eigenvalue weighted by molar-refractivity contribution is -0.132. The third-order valence-electron chi connectivity index (χ3n) is 2.71. The van der Waals surface area contributed by atoms with Gasteiger partial charge in [-0.25, -0.2) is 4.79 Å². The SMILES string of the molecule is CCCCCC/C(=C/c1ccccc1)C(=O)O. The van der Waals surface area contributed by atoms with E-state index in [1.807, 2.05) is 30.3 Å². The largest absolute Gasteiger partial charge is 0.478 e. The fraction of sp³-hybridized carbons (Fsp3) is 0.400. The molecule has 0 atom stereocenters. The number of carbonyl (C=O) groups is 1. The Hall–Kier alpha value is -1.57. The molecule has 2 nitrogen and oxygen atoms in total. The zero-order valence-electron chi connectivity index (χ0n) is 10.4. The van der Waals surface area contributed by atoms with Crippen LogP contribution in [0.1, 0.15) is 44.6 Å². The highest BCUT2D eigenvalue weighted by Crippen LogP contribution is 2.14. The number of carboxylic acids is 1. The second-order valence-electron chi connectivity index (χ2n) is 4.20. The predicted octanol–water partition coefficient (Wildman–Crippen LogP) is 4.13. The van der Waals surface area contributed by atoms with Crippen molar-refractivity contribution in [3.8, 4) is 0 Å². The van der Waals surface area contributed by atoms with E-state index in [1.54, 1.807) is 6.08 Å². The van der Waals surface area contributed by atoms with Crippen LogP contribution in [0.2, 0.25) is 0 Å². The molecule has 2 heteroatoms. The van der Waals surface area contributed by atoms with Gasteiger partial charge in [-0.2, -0.15) is 0 Å². The van der Waals surface area contributed by atoms with Gasteiger partial charge in [0.05, 0.1) is 0 Å². The molecule has 0 spiro atoms. The van der Waals surface area contributed by atoms with Gasteiger partial charge in [0.25, 0.3) is 0 Å². The maximum absolute atomic E-state index is 11.1. The molecule has 0 aliphatic carbocycles. The molecule has 0 heterocycles. The first-order chi connectivity index (χ1) is 8.24. The van der Waals surface area contributed by atoms with Crippen molar-refractivity contribution >= 4 is 12.0 Å². The summed E-state index contributed by atoms with van der Waals surface area (Å²) in [7, 11) is 0. The summed E-state index contributed by atoms with van der Waals surface area (Å²) >= 11 is 0. The Kier molecular flexibility index (Phi) is 6.08. The van der Waals surface area contributed by atoms with Crippen LogP contribution in [-0.2, 0) is 4.79 Å². The lowest BCUT2D eigenvalue weighted by atomic mass is 10.0. The van der Waals surface area contributed by atoms with E-state index in [2.05, 4.69) is 6.92 Å². The lowest BCUT2D eigenvalue weighted by Crippen LogP contribution is -2.00. The van der Waals surface area contributed by atoms with Crippen molar-refractivity contribution in [2.45, 2.75) is 39.0 Å². The van der Waals surface area contributed by atoms with Crippen LogP contribution in [0.4, 0.5) is 0 Å². The van der Waals surface area contributed by atoms with Gasteiger partial charge in [0.15, 0.2) is 0 Å². The van der Waals surface area contributed by atoms with Gasteiger partial charge in [-0.15, -0.1) is 0 Å². The number of rotatable bonds is 7. The monoisotopic (exact) mass is 232 g/mol. The summed E-state index contributed by atoms with van der Waals surface area (Å²) in [6.07, 6.45) is 6.84. The van der Waals surface area contributed by atoms with Crippen LogP contribution in [0.15, 0.2) is 35.9 Å². The molecule has 0 bridgehead atoms. The molecule has 0 amide bonds. The van der Waals surface area contributed by atoms with Crippen LogP contribution in [0.5, 0.6) is 0 Å². The predicted molar refractivity (Wildman–Crippen MR) is 70.8 cm³/mol. The number of unbranched alkanes of at least 4 members (excludes halogenated alkanes) is 3. The number of carboxylic acid groups (broad SMARTS) is 1. The summed E-state index contributed by atoms with van der Waals surface area (Å²) in [6, 6.07) is 9.62. The molecule has 0 unspecified atom stereocenters. The summed E-state index contributed by atoms with van der Waals surface area (Å²) < 4.78 is 0. The van der Waals surface area contributed by atoms with Crippen LogP contribution in [0.3, 0.4) is 0 Å². The molecule has 0 aliphatic rings. The minimum absolute atomic E-state index is 0.507. The topological polar surface area (TPSA) is 37.3 Å². The maximum atomic E-state index is 11.1. The number of hydrogen-bond acceptors (Lipinski definition) is 1. The van der Waals surface area contributed by atoms with Gasteiger partial charge in [-0.3, -0.25) is 0 Å². The molecule has 0 radical (unpaired) electrons. The maximum Gasteiger partial charge on any atom is 0.331 e. The zero-order chi connectivity index (χ0) is 12.5. The van der Waals surface area contributed by atoms with E-state index < -0.39 is 5.97 Å². The smallest absolute Gasteiger partial charge is 0.331 e. The second-order valence-corrected chi connectivity index (χ2v) is 4.20. The van der Waals surface area contributed by atoms with E-state index in [4.69, 9.17) is 5.11 Å². The quantitative estimate of drug-likeness (QED) is 0.567. The summed E-state index contributed by atoms with van der Waals surface area (Å²) in [6.45, 7) is 2.15. The molecule has 0 saturated carbocycles. The Morgan fingerprint density at radius 1 is 1.18 bits per heavy atom. The molecule has 17 heavy (non-hydrogen) atoms. The normalized spacial score (nSPS) is 11.5. The third kappa shape index (κ3) is 5.34. The van der Waals surface area contributed by atoms with Crippen molar-refractivity contribution in [2.75, 3.05) is 0 Å². The van der Waals surface area contributed by atoms with Crippen molar-refractivity contribution in [1.29, 1.82) is 0 Å². The molecule has 0 aromatic heterocycles. The summed E-state index contributed by atoms with van der Waals surface area (Å²) in [5.41, 5.74) is 1.47. The lowest BCUT2D eigenvalue weighted by Gasteiger charge is -2.02. The molecule has 1 aromatic rings. The summed E-state index contributed by atoms with van der Waals surface area (Å²) in [5, 5.41) is 9.12. The molecule has 1 rings (SSSR count). The molecule has 1 N–H and O–H groups in total.